The predicted octanol–water partition coefficient (Wildman–Crippen LogP) is 6.51. The molecule has 1 saturated carbocycles. The van der Waals surface area contributed by atoms with Crippen molar-refractivity contribution in [3.05, 3.63) is 39.6 Å². The van der Waals surface area contributed by atoms with Gasteiger partial charge in [-0.1, -0.05) is 43.0 Å². The third-order valence-corrected chi connectivity index (χ3v) is 7.13. The first kappa shape index (κ1) is 19.4. The predicted molar refractivity (Wildman–Crippen MR) is 121 cm³/mol. The van der Waals surface area contributed by atoms with E-state index >= 15 is 0 Å². The Bertz CT molecular complexity index is 927. The fourth-order valence-electron chi connectivity index (χ4n) is 5.00. The summed E-state index contributed by atoms with van der Waals surface area (Å²) in [6.07, 6.45) is 7.67. The molecule has 0 N–H and O–H groups in total. The molecule has 154 valence electrons. The molecule has 0 spiro atoms. The minimum absolute atomic E-state index is 0.463. The van der Waals surface area contributed by atoms with Crippen LogP contribution in [-0.4, -0.2) is 29.1 Å². The van der Waals surface area contributed by atoms with Crippen LogP contribution in [-0.2, 0) is 0 Å². The Morgan fingerprint density at radius 2 is 1.93 bits per heavy atom. The van der Waals surface area contributed by atoms with Gasteiger partial charge in [-0.15, -0.1) is 0 Å². The Labute approximate surface area is 183 Å². The highest BCUT2D eigenvalue weighted by molar-refractivity contribution is 6.36. The van der Waals surface area contributed by atoms with E-state index in [1.54, 1.807) is 0 Å². The van der Waals surface area contributed by atoms with Crippen LogP contribution >= 0.6 is 23.2 Å². The third-order valence-electron chi connectivity index (χ3n) is 6.60. The summed E-state index contributed by atoms with van der Waals surface area (Å²) in [5, 5.41) is 1.34. The van der Waals surface area contributed by atoms with Gasteiger partial charge in [0.1, 0.15) is 17.5 Å². The molecule has 2 aromatic rings. The second kappa shape index (κ2) is 7.63. The molecule has 29 heavy (non-hydrogen) atoms. The van der Waals surface area contributed by atoms with Gasteiger partial charge in [-0.3, -0.25) is 0 Å². The van der Waals surface area contributed by atoms with Crippen molar-refractivity contribution >= 4 is 40.5 Å². The van der Waals surface area contributed by atoms with E-state index in [1.165, 1.54) is 49.9 Å². The van der Waals surface area contributed by atoms with E-state index in [2.05, 4.69) is 16.7 Å². The second-order valence-electron chi connectivity index (χ2n) is 8.86. The zero-order valence-corrected chi connectivity index (χ0v) is 18.7. The monoisotopic (exact) mass is 430 g/mol. The number of hydrogen-bond donors (Lipinski definition) is 0. The van der Waals surface area contributed by atoms with Gasteiger partial charge in [0, 0.05) is 35.6 Å². The van der Waals surface area contributed by atoms with Gasteiger partial charge in [0.05, 0.1) is 10.7 Å². The van der Waals surface area contributed by atoms with E-state index in [0.717, 1.165) is 36.3 Å². The van der Waals surface area contributed by atoms with Crippen LogP contribution in [0.1, 0.15) is 62.8 Å². The summed E-state index contributed by atoms with van der Waals surface area (Å²) in [5.41, 5.74) is 2.32. The quantitative estimate of drug-likeness (QED) is 0.522. The van der Waals surface area contributed by atoms with Gasteiger partial charge in [-0.25, -0.2) is 9.97 Å². The van der Waals surface area contributed by atoms with E-state index in [9.17, 15) is 0 Å². The van der Waals surface area contributed by atoms with Gasteiger partial charge in [0.15, 0.2) is 0 Å². The maximum absolute atomic E-state index is 6.59. The van der Waals surface area contributed by atoms with Crippen LogP contribution in [0.25, 0.3) is 0 Å². The number of hydrogen-bond acceptors (Lipinski definition) is 4. The molecular formula is C23H28Cl2N4. The average Bonchev–Trinajstić information content (AvgIpc) is 3.44. The van der Waals surface area contributed by atoms with Gasteiger partial charge in [0.25, 0.3) is 0 Å². The topological polar surface area (TPSA) is 32.3 Å². The van der Waals surface area contributed by atoms with E-state index in [1.807, 2.05) is 25.1 Å². The molecule has 1 aromatic carbocycles. The Hall–Kier alpha value is -1.52. The smallest absolute Gasteiger partial charge is 0.142 e. The van der Waals surface area contributed by atoms with Gasteiger partial charge >= 0.3 is 0 Å². The van der Waals surface area contributed by atoms with Crippen LogP contribution in [0.4, 0.5) is 17.3 Å². The molecule has 2 unspecified atom stereocenters. The number of unbranched alkanes of at least 4 members (excludes halogenated alkanes) is 1. The summed E-state index contributed by atoms with van der Waals surface area (Å²) in [5.74, 6) is 4.36. The molecule has 2 atom stereocenters. The first-order valence-corrected chi connectivity index (χ1v) is 11.7. The lowest BCUT2D eigenvalue weighted by molar-refractivity contribution is 0.432. The third kappa shape index (κ3) is 3.59. The van der Waals surface area contributed by atoms with Crippen molar-refractivity contribution in [2.45, 2.75) is 64.3 Å². The van der Waals surface area contributed by atoms with E-state index in [0.29, 0.717) is 22.0 Å². The molecule has 6 heteroatoms. The molecule has 1 fully saturated rings. The fourth-order valence-corrected chi connectivity index (χ4v) is 5.51. The molecule has 1 aromatic heterocycles. The highest BCUT2D eigenvalue weighted by atomic mass is 35.5. The number of halogens is 2. The van der Waals surface area contributed by atoms with Gasteiger partial charge < -0.3 is 9.80 Å². The van der Waals surface area contributed by atoms with Gasteiger partial charge in [-0.05, 0) is 56.7 Å². The van der Waals surface area contributed by atoms with E-state index in [-0.39, 0.29) is 0 Å². The largest absolute Gasteiger partial charge is 0.353 e. The van der Waals surface area contributed by atoms with E-state index < -0.39 is 0 Å². The van der Waals surface area contributed by atoms with Crippen molar-refractivity contribution in [2.75, 3.05) is 22.9 Å². The van der Waals surface area contributed by atoms with Crippen molar-refractivity contribution in [3.8, 4) is 0 Å². The van der Waals surface area contributed by atoms with Crippen LogP contribution in [0.15, 0.2) is 18.2 Å². The minimum atomic E-state index is 0.463. The standard InChI is InChI=1S/C23H28Cl2N4/c1-3-4-5-18-10-16-13-29(20-9-8-17(24)11-19(20)25)23-21(16)22(26-14(2)27-23)28(18)12-15-6-7-15/h8-9,11,15-16,18H,3-7,10,12-13H2,1-2H3. The molecule has 0 saturated heterocycles. The van der Waals surface area contributed by atoms with Crippen LogP contribution in [0.5, 0.6) is 0 Å². The first-order valence-electron chi connectivity index (χ1n) is 10.9. The summed E-state index contributed by atoms with van der Waals surface area (Å²) in [6.45, 7) is 6.36. The lowest BCUT2D eigenvalue weighted by Gasteiger charge is -2.40. The zero-order valence-electron chi connectivity index (χ0n) is 17.2. The molecule has 1 aliphatic carbocycles. The maximum Gasteiger partial charge on any atom is 0.142 e. The van der Waals surface area contributed by atoms with Crippen LogP contribution in [0, 0.1) is 12.8 Å². The second-order valence-corrected chi connectivity index (χ2v) is 9.71. The number of anilines is 3. The Morgan fingerprint density at radius 3 is 2.66 bits per heavy atom. The number of aromatic nitrogens is 2. The van der Waals surface area contributed by atoms with Crippen LogP contribution in [0.3, 0.4) is 0 Å². The number of rotatable bonds is 6. The van der Waals surface area contributed by atoms with Crippen molar-refractivity contribution in [3.63, 3.8) is 0 Å². The van der Waals surface area contributed by atoms with Gasteiger partial charge in [-0.2, -0.15) is 0 Å². The average molecular weight is 431 g/mol. The van der Waals surface area contributed by atoms with Crippen LogP contribution < -0.4 is 9.80 Å². The molecule has 2 aliphatic heterocycles. The maximum atomic E-state index is 6.59. The van der Waals surface area contributed by atoms with Crippen molar-refractivity contribution in [1.29, 1.82) is 0 Å². The lowest BCUT2D eigenvalue weighted by Crippen LogP contribution is -2.42. The molecule has 0 amide bonds. The summed E-state index contributed by atoms with van der Waals surface area (Å²) in [4.78, 5) is 14.8. The Kier molecular flexibility index (Phi) is 5.11. The first-order chi connectivity index (χ1) is 14.0. The Morgan fingerprint density at radius 1 is 1.14 bits per heavy atom. The summed E-state index contributed by atoms with van der Waals surface area (Å²) < 4.78 is 0. The normalized spacial score (nSPS) is 22.9. The number of aryl methyl sites for hydroxylation is 1. The zero-order chi connectivity index (χ0) is 20.1. The minimum Gasteiger partial charge on any atom is -0.353 e. The molecule has 4 nitrogen and oxygen atoms in total. The van der Waals surface area contributed by atoms with Crippen molar-refractivity contribution in [2.24, 2.45) is 5.92 Å². The van der Waals surface area contributed by atoms with Crippen molar-refractivity contribution in [1.82, 2.24) is 9.97 Å². The molecule has 3 heterocycles. The lowest BCUT2D eigenvalue weighted by atomic mass is 9.87. The number of benzene rings is 1. The van der Waals surface area contributed by atoms with Gasteiger partial charge in [0.2, 0.25) is 0 Å². The molecule has 3 aliphatic rings. The highest BCUT2D eigenvalue weighted by Crippen LogP contribution is 2.51. The fraction of sp³-hybridized carbons (Fsp3) is 0.565. The Balaban J connectivity index is 1.58. The van der Waals surface area contributed by atoms with Crippen LogP contribution in [0.2, 0.25) is 10.0 Å². The summed E-state index contributed by atoms with van der Waals surface area (Å²) in [7, 11) is 0. The summed E-state index contributed by atoms with van der Waals surface area (Å²) in [6, 6.07) is 6.33. The van der Waals surface area contributed by atoms with Crippen molar-refractivity contribution < 1.29 is 0 Å². The highest BCUT2D eigenvalue weighted by Gasteiger charge is 2.43. The SMILES string of the molecule is CCCCC1CC2CN(c3ccc(Cl)cc3Cl)c3nc(C)nc(c32)N1CC1CC1. The summed E-state index contributed by atoms with van der Waals surface area (Å²) >= 11 is 12.7. The molecular weight excluding hydrogens is 403 g/mol. The molecule has 5 rings (SSSR count). The van der Waals surface area contributed by atoms with E-state index in [4.69, 9.17) is 33.2 Å². The molecule has 0 radical (unpaired) electrons. The number of nitrogens with zero attached hydrogens (tertiary/aromatic N) is 4. The molecule has 0 bridgehead atoms.